The lowest BCUT2D eigenvalue weighted by atomic mass is 10.1. The van der Waals surface area contributed by atoms with Gasteiger partial charge in [0.2, 0.25) is 0 Å². The number of benzene rings is 1. The molecule has 1 aromatic carbocycles. The van der Waals surface area contributed by atoms with E-state index in [-0.39, 0.29) is 5.56 Å². The molecule has 1 aliphatic rings. The van der Waals surface area contributed by atoms with E-state index in [1.807, 2.05) is 6.07 Å². The summed E-state index contributed by atoms with van der Waals surface area (Å²) >= 11 is 0. The highest BCUT2D eigenvalue weighted by Gasteiger charge is 2.08. The highest BCUT2D eigenvalue weighted by Crippen LogP contribution is 2.14. The Hall–Kier alpha value is -1.55. The van der Waals surface area contributed by atoms with E-state index < -0.39 is 5.97 Å². The van der Waals surface area contributed by atoms with Crippen LogP contribution >= 0.6 is 0 Å². The van der Waals surface area contributed by atoms with Crippen molar-refractivity contribution in [3.8, 4) is 5.75 Å². The molecule has 4 heteroatoms. The van der Waals surface area contributed by atoms with Crippen molar-refractivity contribution < 1.29 is 14.6 Å². The minimum atomic E-state index is -0.916. The van der Waals surface area contributed by atoms with Crippen LogP contribution in [0.25, 0.3) is 0 Å². The molecule has 4 nitrogen and oxygen atoms in total. The third-order valence-electron chi connectivity index (χ3n) is 3.92. The Morgan fingerprint density at radius 1 is 1.14 bits per heavy atom. The smallest absolute Gasteiger partial charge is 0.335 e. The SMILES string of the molecule is O=C(O)c1cccc(OCCCN2CCCCCCC2)c1. The third kappa shape index (κ3) is 5.76. The Labute approximate surface area is 126 Å². The van der Waals surface area contributed by atoms with Gasteiger partial charge < -0.3 is 14.7 Å². The van der Waals surface area contributed by atoms with E-state index in [9.17, 15) is 4.79 Å². The molecule has 1 aliphatic heterocycles. The van der Waals surface area contributed by atoms with Crippen molar-refractivity contribution in [1.29, 1.82) is 0 Å². The first kappa shape index (κ1) is 15.8. The molecule has 0 bridgehead atoms. The van der Waals surface area contributed by atoms with Crippen molar-refractivity contribution in [2.45, 2.75) is 38.5 Å². The van der Waals surface area contributed by atoms with Gasteiger partial charge in [0.1, 0.15) is 5.75 Å². The normalized spacial score (nSPS) is 17.0. The second-order valence-corrected chi connectivity index (χ2v) is 5.64. The predicted octanol–water partition coefficient (Wildman–Crippen LogP) is 3.42. The fourth-order valence-electron chi connectivity index (χ4n) is 2.73. The first-order valence-corrected chi connectivity index (χ1v) is 7.94. The number of nitrogens with zero attached hydrogens (tertiary/aromatic N) is 1. The van der Waals surface area contributed by atoms with Crippen LogP contribution in [0.5, 0.6) is 5.75 Å². The summed E-state index contributed by atoms with van der Waals surface area (Å²) in [6.45, 7) is 4.11. The largest absolute Gasteiger partial charge is 0.494 e. The minimum absolute atomic E-state index is 0.274. The third-order valence-corrected chi connectivity index (χ3v) is 3.92. The molecule has 0 aromatic heterocycles. The van der Waals surface area contributed by atoms with Crippen LogP contribution in [-0.4, -0.2) is 42.2 Å². The van der Waals surface area contributed by atoms with Crippen LogP contribution in [0.15, 0.2) is 24.3 Å². The average Bonchev–Trinajstić information content (AvgIpc) is 2.45. The molecule has 0 aliphatic carbocycles. The second-order valence-electron chi connectivity index (χ2n) is 5.64. The standard InChI is InChI=1S/C17H25NO3/c19-17(20)15-8-6-9-16(14-15)21-13-7-12-18-10-4-2-1-3-5-11-18/h6,8-9,14H,1-5,7,10-13H2,(H,19,20). The van der Waals surface area contributed by atoms with Crippen molar-refractivity contribution in [1.82, 2.24) is 4.90 Å². The van der Waals surface area contributed by atoms with E-state index in [0.717, 1.165) is 13.0 Å². The van der Waals surface area contributed by atoms with Gasteiger partial charge in [0, 0.05) is 6.54 Å². The highest BCUT2D eigenvalue weighted by atomic mass is 16.5. The Balaban J connectivity index is 1.69. The summed E-state index contributed by atoms with van der Waals surface area (Å²) in [7, 11) is 0. The Morgan fingerprint density at radius 2 is 1.86 bits per heavy atom. The summed E-state index contributed by atoms with van der Waals surface area (Å²) in [6.07, 6.45) is 7.70. The monoisotopic (exact) mass is 291 g/mol. The molecular formula is C17H25NO3. The zero-order valence-electron chi connectivity index (χ0n) is 12.6. The van der Waals surface area contributed by atoms with Crippen LogP contribution in [0.2, 0.25) is 0 Å². The molecule has 0 spiro atoms. The quantitative estimate of drug-likeness (QED) is 0.816. The number of ether oxygens (including phenoxy) is 1. The molecule has 0 atom stereocenters. The van der Waals surface area contributed by atoms with Gasteiger partial charge in [-0.15, -0.1) is 0 Å². The van der Waals surface area contributed by atoms with E-state index in [1.165, 1.54) is 45.2 Å². The number of carbonyl (C=O) groups is 1. The summed E-state index contributed by atoms with van der Waals surface area (Å²) in [5.74, 6) is -0.274. The minimum Gasteiger partial charge on any atom is -0.494 e. The van der Waals surface area contributed by atoms with Gasteiger partial charge in [0.05, 0.1) is 12.2 Å². The van der Waals surface area contributed by atoms with Gasteiger partial charge in [0.25, 0.3) is 0 Å². The van der Waals surface area contributed by atoms with Crippen molar-refractivity contribution in [2.75, 3.05) is 26.2 Å². The first-order chi connectivity index (χ1) is 10.3. The number of aromatic carboxylic acids is 1. The highest BCUT2D eigenvalue weighted by molar-refractivity contribution is 5.87. The van der Waals surface area contributed by atoms with Gasteiger partial charge in [-0.25, -0.2) is 4.79 Å². The van der Waals surface area contributed by atoms with E-state index in [4.69, 9.17) is 9.84 Å². The molecule has 0 saturated carbocycles. The fourth-order valence-corrected chi connectivity index (χ4v) is 2.73. The summed E-state index contributed by atoms with van der Waals surface area (Å²) in [5.41, 5.74) is 0.274. The van der Waals surface area contributed by atoms with Gasteiger partial charge in [-0.3, -0.25) is 0 Å². The van der Waals surface area contributed by atoms with Crippen molar-refractivity contribution in [2.24, 2.45) is 0 Å². The molecule has 1 aromatic rings. The van der Waals surface area contributed by atoms with Crippen molar-refractivity contribution in [3.05, 3.63) is 29.8 Å². The van der Waals surface area contributed by atoms with Crippen LogP contribution in [-0.2, 0) is 0 Å². The molecule has 2 rings (SSSR count). The molecule has 0 unspecified atom stereocenters. The molecular weight excluding hydrogens is 266 g/mol. The molecule has 21 heavy (non-hydrogen) atoms. The van der Waals surface area contributed by atoms with Gasteiger partial charge in [-0.1, -0.05) is 25.3 Å². The van der Waals surface area contributed by atoms with Gasteiger partial charge in [-0.05, 0) is 50.6 Å². The number of hydrogen-bond donors (Lipinski definition) is 1. The van der Waals surface area contributed by atoms with Gasteiger partial charge in [0.15, 0.2) is 0 Å². The number of rotatable bonds is 6. The van der Waals surface area contributed by atoms with Crippen LogP contribution in [0.4, 0.5) is 0 Å². The average molecular weight is 291 g/mol. The topological polar surface area (TPSA) is 49.8 Å². The van der Waals surface area contributed by atoms with E-state index >= 15 is 0 Å². The fraction of sp³-hybridized carbons (Fsp3) is 0.588. The number of carboxylic acid groups (broad SMARTS) is 1. The molecule has 0 radical (unpaired) electrons. The van der Waals surface area contributed by atoms with Crippen LogP contribution in [0.1, 0.15) is 48.9 Å². The number of likely N-dealkylation sites (tertiary alicyclic amines) is 1. The summed E-state index contributed by atoms with van der Waals surface area (Å²) < 4.78 is 5.65. The lowest BCUT2D eigenvalue weighted by Gasteiger charge is -2.24. The molecule has 1 saturated heterocycles. The number of hydrogen-bond acceptors (Lipinski definition) is 3. The zero-order valence-corrected chi connectivity index (χ0v) is 12.6. The molecule has 0 amide bonds. The molecule has 116 valence electrons. The van der Waals surface area contributed by atoms with Crippen LogP contribution in [0.3, 0.4) is 0 Å². The summed E-state index contributed by atoms with van der Waals surface area (Å²) in [6, 6.07) is 6.69. The molecule has 1 N–H and O–H groups in total. The lowest BCUT2D eigenvalue weighted by molar-refractivity contribution is 0.0696. The lowest BCUT2D eigenvalue weighted by Crippen LogP contribution is -2.29. The maximum absolute atomic E-state index is 10.9. The van der Waals surface area contributed by atoms with Gasteiger partial charge >= 0.3 is 5.97 Å². The molecule has 1 heterocycles. The Kier molecular flexibility index (Phi) is 6.54. The second kappa shape index (κ2) is 8.67. The predicted molar refractivity (Wildman–Crippen MR) is 83.0 cm³/mol. The zero-order chi connectivity index (χ0) is 14.9. The van der Waals surface area contributed by atoms with E-state index in [0.29, 0.717) is 12.4 Å². The maximum atomic E-state index is 10.9. The maximum Gasteiger partial charge on any atom is 0.335 e. The first-order valence-electron chi connectivity index (χ1n) is 7.94. The Bertz CT molecular complexity index is 439. The van der Waals surface area contributed by atoms with Crippen molar-refractivity contribution >= 4 is 5.97 Å². The summed E-state index contributed by atoms with van der Waals surface area (Å²) in [4.78, 5) is 13.4. The van der Waals surface area contributed by atoms with Crippen molar-refractivity contribution in [3.63, 3.8) is 0 Å². The van der Waals surface area contributed by atoms with E-state index in [1.54, 1.807) is 18.2 Å². The van der Waals surface area contributed by atoms with Gasteiger partial charge in [-0.2, -0.15) is 0 Å². The van der Waals surface area contributed by atoms with Crippen LogP contribution < -0.4 is 4.74 Å². The molecule has 1 fully saturated rings. The Morgan fingerprint density at radius 3 is 2.57 bits per heavy atom. The van der Waals surface area contributed by atoms with Crippen LogP contribution in [0, 0.1) is 0 Å². The number of carboxylic acids is 1. The summed E-state index contributed by atoms with van der Waals surface area (Å²) in [5, 5.41) is 8.94. The van der Waals surface area contributed by atoms with E-state index in [2.05, 4.69) is 4.90 Å².